The molecule has 3 heterocycles. The van der Waals surface area contributed by atoms with Crippen LogP contribution >= 0.6 is 11.8 Å². The Morgan fingerprint density at radius 1 is 1.10 bits per heavy atom. The third-order valence-corrected chi connectivity index (χ3v) is 7.54. The molecule has 3 aromatic heterocycles. The number of hydrogen-bond donors (Lipinski definition) is 3. The number of pyridine rings is 1. The van der Waals surface area contributed by atoms with Crippen LogP contribution in [0.5, 0.6) is 0 Å². The fraction of sp³-hybridized carbons (Fsp3) is 0.120. The monoisotopic (exact) mass is 560 g/mol. The van der Waals surface area contributed by atoms with Gasteiger partial charge >= 0.3 is 0 Å². The lowest BCUT2D eigenvalue weighted by atomic mass is 10.0. The van der Waals surface area contributed by atoms with E-state index in [1.165, 1.54) is 36.7 Å². The van der Waals surface area contributed by atoms with Crippen LogP contribution in [0.4, 0.5) is 17.5 Å². The number of nitrogens with two attached hydrogens (primary N) is 1. The van der Waals surface area contributed by atoms with Gasteiger partial charge in [0.25, 0.3) is 10.0 Å². The summed E-state index contributed by atoms with van der Waals surface area (Å²) >= 11 is 1.14. The van der Waals surface area contributed by atoms with Crippen molar-refractivity contribution in [3.63, 3.8) is 0 Å². The summed E-state index contributed by atoms with van der Waals surface area (Å²) in [5, 5.41) is 22.2. The molecule has 12 nitrogen and oxygen atoms in total. The summed E-state index contributed by atoms with van der Waals surface area (Å²) in [6.07, 6.45) is 2.92. The van der Waals surface area contributed by atoms with Crippen LogP contribution in [0.2, 0.25) is 0 Å². The van der Waals surface area contributed by atoms with Crippen molar-refractivity contribution < 1.29 is 17.6 Å². The highest BCUT2D eigenvalue weighted by Crippen LogP contribution is 2.36. The minimum Gasteiger partial charge on any atom is -0.464 e. The van der Waals surface area contributed by atoms with E-state index in [1.807, 2.05) is 6.07 Å². The molecular formula is C25H20N8O4S2. The van der Waals surface area contributed by atoms with Crippen molar-refractivity contribution >= 4 is 45.1 Å². The number of anilines is 3. The van der Waals surface area contributed by atoms with Crippen molar-refractivity contribution in [3.05, 3.63) is 71.7 Å². The lowest BCUT2D eigenvalue weighted by Gasteiger charge is -2.11. The minimum atomic E-state index is -3.92. The van der Waals surface area contributed by atoms with Gasteiger partial charge in [-0.2, -0.15) is 10.5 Å². The van der Waals surface area contributed by atoms with E-state index in [-0.39, 0.29) is 56.5 Å². The summed E-state index contributed by atoms with van der Waals surface area (Å²) in [5.41, 5.74) is 7.38. The molecule has 0 saturated heterocycles. The number of carbonyl (C=O) groups excluding carboxylic acids is 1. The summed E-state index contributed by atoms with van der Waals surface area (Å²) in [5.74, 6) is 0.135. The maximum Gasteiger partial charge on any atom is 0.264 e. The average Bonchev–Trinajstić information content (AvgIpc) is 3.43. The Balaban J connectivity index is 1.39. The zero-order valence-corrected chi connectivity index (χ0v) is 22.0. The number of rotatable bonds is 9. The van der Waals surface area contributed by atoms with E-state index in [2.05, 4.69) is 31.1 Å². The van der Waals surface area contributed by atoms with E-state index < -0.39 is 10.0 Å². The number of benzene rings is 1. The number of hydrogen-bond acceptors (Lipinski definition) is 11. The maximum absolute atomic E-state index is 12.6. The molecule has 196 valence electrons. The molecule has 4 rings (SSSR count). The first-order valence-corrected chi connectivity index (χ1v) is 13.7. The van der Waals surface area contributed by atoms with Gasteiger partial charge < -0.3 is 15.5 Å². The van der Waals surface area contributed by atoms with Gasteiger partial charge in [-0.3, -0.25) is 4.79 Å². The van der Waals surface area contributed by atoms with E-state index in [0.29, 0.717) is 17.1 Å². The van der Waals surface area contributed by atoms with Gasteiger partial charge in [0.1, 0.15) is 34.3 Å². The number of aryl methyl sites for hydroxylation is 1. The van der Waals surface area contributed by atoms with Crippen molar-refractivity contribution in [2.24, 2.45) is 0 Å². The van der Waals surface area contributed by atoms with E-state index in [9.17, 15) is 23.7 Å². The summed E-state index contributed by atoms with van der Waals surface area (Å²) in [6, 6.07) is 14.5. The average molecular weight is 561 g/mol. The summed E-state index contributed by atoms with van der Waals surface area (Å²) in [6.45, 7) is 1.71. The van der Waals surface area contributed by atoms with Crippen molar-refractivity contribution in [1.82, 2.24) is 15.0 Å². The van der Waals surface area contributed by atoms with Crippen LogP contribution in [0.15, 0.2) is 69.3 Å². The number of nitrogens with one attached hydrogen (secondary N) is 2. The molecule has 4 aromatic rings. The quantitative estimate of drug-likeness (QED) is 0.252. The number of carbonyl (C=O) groups is 1. The summed E-state index contributed by atoms with van der Waals surface area (Å²) in [7, 11) is -3.92. The first kappa shape index (κ1) is 27.1. The smallest absolute Gasteiger partial charge is 0.264 e. The number of nitrogens with zero attached hydrogens (tertiary/aromatic N) is 5. The Labute approximate surface area is 228 Å². The van der Waals surface area contributed by atoms with Gasteiger partial charge in [0, 0.05) is 29.8 Å². The molecule has 0 spiro atoms. The molecule has 0 aliphatic heterocycles. The van der Waals surface area contributed by atoms with Gasteiger partial charge in [-0.25, -0.2) is 28.1 Å². The Morgan fingerprint density at radius 2 is 1.85 bits per heavy atom. The van der Waals surface area contributed by atoms with Crippen LogP contribution in [0.3, 0.4) is 0 Å². The Hall–Kier alpha value is -4.92. The van der Waals surface area contributed by atoms with Crippen LogP contribution in [-0.4, -0.2) is 35.0 Å². The highest BCUT2D eigenvalue weighted by molar-refractivity contribution is 7.99. The fourth-order valence-electron chi connectivity index (χ4n) is 3.43. The Kier molecular flexibility index (Phi) is 8.10. The predicted molar refractivity (Wildman–Crippen MR) is 144 cm³/mol. The molecule has 14 heteroatoms. The predicted octanol–water partition coefficient (Wildman–Crippen LogP) is 3.69. The fourth-order valence-corrected chi connectivity index (χ4v) is 5.31. The second-order valence-electron chi connectivity index (χ2n) is 7.93. The van der Waals surface area contributed by atoms with E-state index in [4.69, 9.17) is 10.2 Å². The number of furan rings is 1. The SMILES string of the molecule is Cc1ccnc(NS(=O)(=O)c2ccc(NC(=O)CCSc3nc(N)c(C#N)c(-c4ccco4)c3C#N)cc2)n1. The van der Waals surface area contributed by atoms with Gasteiger partial charge in [-0.05, 0) is 49.4 Å². The number of nitrogen functional groups attached to an aromatic ring is 1. The van der Waals surface area contributed by atoms with Crippen LogP contribution in [-0.2, 0) is 14.8 Å². The largest absolute Gasteiger partial charge is 0.464 e. The molecule has 1 amide bonds. The van der Waals surface area contributed by atoms with Gasteiger partial charge in [0.2, 0.25) is 11.9 Å². The third-order valence-electron chi connectivity index (χ3n) is 5.22. The number of sulfonamides is 1. The molecule has 0 radical (unpaired) electrons. The second kappa shape index (κ2) is 11.6. The number of thioether (sulfide) groups is 1. The first-order valence-electron chi connectivity index (χ1n) is 11.2. The molecule has 4 N–H and O–H groups in total. The molecule has 0 atom stereocenters. The first-order chi connectivity index (χ1) is 18.7. The minimum absolute atomic E-state index is 0.0259. The number of nitriles is 2. The number of amides is 1. The van der Waals surface area contributed by atoms with Crippen LogP contribution in [0.1, 0.15) is 23.2 Å². The zero-order chi connectivity index (χ0) is 28.0. The molecule has 0 saturated carbocycles. The zero-order valence-electron chi connectivity index (χ0n) is 20.4. The molecule has 0 aliphatic rings. The highest BCUT2D eigenvalue weighted by Gasteiger charge is 2.22. The van der Waals surface area contributed by atoms with Crippen LogP contribution in [0.25, 0.3) is 11.3 Å². The van der Waals surface area contributed by atoms with Gasteiger partial charge in [-0.15, -0.1) is 11.8 Å². The highest BCUT2D eigenvalue weighted by atomic mass is 32.2. The van der Waals surface area contributed by atoms with Crippen LogP contribution in [0, 0.1) is 29.6 Å². The summed E-state index contributed by atoms with van der Waals surface area (Å²) in [4.78, 5) is 24.6. The van der Waals surface area contributed by atoms with E-state index >= 15 is 0 Å². The second-order valence-corrected chi connectivity index (χ2v) is 10.7. The molecule has 39 heavy (non-hydrogen) atoms. The van der Waals surface area contributed by atoms with Crippen molar-refractivity contribution in [2.75, 3.05) is 21.5 Å². The molecular weight excluding hydrogens is 540 g/mol. The molecule has 1 aromatic carbocycles. The normalized spacial score (nSPS) is 10.8. The topological polar surface area (TPSA) is 201 Å². The van der Waals surface area contributed by atoms with Crippen molar-refractivity contribution in [2.45, 2.75) is 23.3 Å². The van der Waals surface area contributed by atoms with Gasteiger partial charge in [-0.1, -0.05) is 0 Å². The summed E-state index contributed by atoms with van der Waals surface area (Å²) < 4.78 is 32.9. The maximum atomic E-state index is 12.6. The lowest BCUT2D eigenvalue weighted by molar-refractivity contribution is -0.115. The molecule has 0 aliphatic carbocycles. The van der Waals surface area contributed by atoms with Crippen molar-refractivity contribution in [3.8, 4) is 23.5 Å². The number of aromatic nitrogens is 3. The standard InChI is InChI=1S/C25H20N8O4S2/c1-15-8-10-29-25(30-15)33-39(35,36)17-6-4-16(5-7-17)31-21(34)9-12-38-24-19(14-27)22(20-3-2-11-37-20)18(13-26)23(28)32-24/h2-8,10-11H,9,12H2,1H3,(H2,28,32)(H,31,34)(H,29,30,33). The van der Waals surface area contributed by atoms with Gasteiger partial charge in [0.05, 0.1) is 22.3 Å². The molecule has 0 unspecified atom stereocenters. The van der Waals surface area contributed by atoms with Gasteiger partial charge in [0.15, 0.2) is 0 Å². The Morgan fingerprint density at radius 3 is 2.49 bits per heavy atom. The third kappa shape index (κ3) is 6.32. The molecule has 0 bridgehead atoms. The molecule has 0 fully saturated rings. The van der Waals surface area contributed by atoms with E-state index in [1.54, 1.807) is 25.1 Å². The van der Waals surface area contributed by atoms with Crippen molar-refractivity contribution in [1.29, 1.82) is 10.5 Å². The lowest BCUT2D eigenvalue weighted by Crippen LogP contribution is -2.16. The van der Waals surface area contributed by atoms with Crippen LogP contribution < -0.4 is 15.8 Å². The Bertz CT molecular complexity index is 1710. The van der Waals surface area contributed by atoms with E-state index in [0.717, 1.165) is 11.8 Å².